The van der Waals surface area contributed by atoms with Gasteiger partial charge in [-0.3, -0.25) is 0 Å². The van der Waals surface area contributed by atoms with Crippen molar-refractivity contribution in [1.29, 1.82) is 0 Å². The molecule has 1 fully saturated rings. The minimum absolute atomic E-state index is 0.0127. The Hall–Kier alpha value is -0.480. The van der Waals surface area contributed by atoms with E-state index in [4.69, 9.17) is 5.73 Å². The molecule has 1 aromatic rings. The van der Waals surface area contributed by atoms with Gasteiger partial charge < -0.3 is 5.73 Å². The van der Waals surface area contributed by atoms with E-state index < -0.39 is 17.7 Å². The molecule has 2 N–H and O–H groups in total. The van der Waals surface area contributed by atoms with Gasteiger partial charge in [-0.05, 0) is 46.3 Å². The smallest absolute Gasteiger partial charge is 0.145 e. The molecule has 1 nitrogen and oxygen atoms in total. The number of nitrogens with two attached hydrogens (primary N) is 1. The van der Waals surface area contributed by atoms with Crippen molar-refractivity contribution in [2.24, 2.45) is 17.6 Å². The van der Waals surface area contributed by atoms with E-state index in [1.165, 1.54) is 12.1 Å². The average molecular weight is 276 g/mol. The van der Waals surface area contributed by atoms with E-state index in [2.05, 4.69) is 15.9 Å². The zero-order valence-electron chi connectivity index (χ0n) is 8.31. The lowest BCUT2D eigenvalue weighted by Crippen LogP contribution is -2.17. The molecule has 0 aliphatic heterocycles. The normalized spacial score (nSPS) is 26.5. The zero-order valence-corrected chi connectivity index (χ0v) is 9.89. The van der Waals surface area contributed by atoms with Crippen LogP contribution < -0.4 is 5.73 Å². The summed E-state index contributed by atoms with van der Waals surface area (Å²) in [5.41, 5.74) is 5.87. The van der Waals surface area contributed by atoms with Crippen LogP contribution in [0.3, 0.4) is 0 Å². The molecule has 3 atom stereocenters. The summed E-state index contributed by atoms with van der Waals surface area (Å²) in [6, 6.07) is 2.07. The van der Waals surface area contributed by atoms with Gasteiger partial charge in [0.15, 0.2) is 0 Å². The second-order valence-corrected chi connectivity index (χ2v) is 5.01. The SMILES string of the molecule is CC1CC1C(N)c1c(F)ccc(Br)c1F. The summed E-state index contributed by atoms with van der Waals surface area (Å²) in [6.07, 6.45) is 0.951. The summed E-state index contributed by atoms with van der Waals surface area (Å²) in [6.45, 7) is 2.04. The molecule has 15 heavy (non-hydrogen) atoms. The summed E-state index contributed by atoms with van der Waals surface area (Å²) < 4.78 is 27.4. The summed E-state index contributed by atoms with van der Waals surface area (Å²) in [5.74, 6) is -0.440. The fraction of sp³-hybridized carbons (Fsp3) is 0.455. The van der Waals surface area contributed by atoms with Crippen molar-refractivity contribution in [3.63, 3.8) is 0 Å². The van der Waals surface area contributed by atoms with E-state index in [1.807, 2.05) is 6.92 Å². The van der Waals surface area contributed by atoms with Crippen LogP contribution in [-0.2, 0) is 0 Å². The van der Waals surface area contributed by atoms with Gasteiger partial charge in [-0.25, -0.2) is 8.78 Å². The van der Waals surface area contributed by atoms with Crippen LogP contribution in [0.1, 0.15) is 24.9 Å². The van der Waals surface area contributed by atoms with E-state index >= 15 is 0 Å². The lowest BCUT2D eigenvalue weighted by atomic mass is 10.0. The molecule has 0 heterocycles. The lowest BCUT2D eigenvalue weighted by Gasteiger charge is -2.14. The highest BCUT2D eigenvalue weighted by Gasteiger charge is 2.40. The van der Waals surface area contributed by atoms with E-state index in [0.29, 0.717) is 5.92 Å². The van der Waals surface area contributed by atoms with E-state index in [-0.39, 0.29) is 16.0 Å². The third kappa shape index (κ3) is 1.93. The minimum atomic E-state index is -0.568. The monoisotopic (exact) mass is 275 g/mol. The van der Waals surface area contributed by atoms with Crippen molar-refractivity contribution in [1.82, 2.24) is 0 Å². The Morgan fingerprint density at radius 2 is 2.07 bits per heavy atom. The van der Waals surface area contributed by atoms with Crippen LogP contribution in [0, 0.1) is 23.5 Å². The maximum Gasteiger partial charge on any atom is 0.145 e. The van der Waals surface area contributed by atoms with Crippen molar-refractivity contribution in [3.8, 4) is 0 Å². The Balaban J connectivity index is 2.38. The lowest BCUT2D eigenvalue weighted by molar-refractivity contribution is 0.490. The summed E-state index contributed by atoms with van der Waals surface area (Å²) in [5, 5.41) is 0. The molecule has 1 aliphatic rings. The van der Waals surface area contributed by atoms with Crippen LogP contribution in [0.4, 0.5) is 8.78 Å². The molecule has 2 rings (SSSR count). The van der Waals surface area contributed by atoms with Crippen LogP contribution in [0.5, 0.6) is 0 Å². The van der Waals surface area contributed by atoms with Gasteiger partial charge in [0.2, 0.25) is 0 Å². The van der Waals surface area contributed by atoms with Gasteiger partial charge in [0.1, 0.15) is 11.6 Å². The summed E-state index contributed by atoms with van der Waals surface area (Å²) >= 11 is 3.04. The number of rotatable bonds is 2. The Bertz CT molecular complexity index is 394. The van der Waals surface area contributed by atoms with Gasteiger partial charge >= 0.3 is 0 Å². The van der Waals surface area contributed by atoms with Crippen molar-refractivity contribution in [2.45, 2.75) is 19.4 Å². The maximum atomic E-state index is 13.7. The number of hydrogen-bond acceptors (Lipinski definition) is 1. The molecule has 0 radical (unpaired) electrons. The van der Waals surface area contributed by atoms with Gasteiger partial charge in [-0.1, -0.05) is 6.92 Å². The first-order chi connectivity index (χ1) is 7.02. The molecule has 1 saturated carbocycles. The van der Waals surface area contributed by atoms with Crippen molar-refractivity contribution in [2.75, 3.05) is 0 Å². The topological polar surface area (TPSA) is 26.0 Å². The first-order valence-corrected chi connectivity index (χ1v) is 5.70. The first kappa shape index (κ1) is 11.0. The van der Waals surface area contributed by atoms with Gasteiger partial charge in [0.05, 0.1) is 4.47 Å². The van der Waals surface area contributed by atoms with Crippen molar-refractivity contribution in [3.05, 3.63) is 33.8 Å². The van der Waals surface area contributed by atoms with Crippen LogP contribution >= 0.6 is 15.9 Å². The second-order valence-electron chi connectivity index (χ2n) is 4.16. The predicted octanol–water partition coefficient (Wildman–Crippen LogP) is 3.38. The molecular weight excluding hydrogens is 264 g/mol. The zero-order chi connectivity index (χ0) is 11.2. The number of halogens is 3. The van der Waals surface area contributed by atoms with Gasteiger partial charge in [0, 0.05) is 11.6 Å². The third-order valence-electron chi connectivity index (χ3n) is 3.05. The predicted molar refractivity (Wildman–Crippen MR) is 58.3 cm³/mol. The molecule has 1 aliphatic carbocycles. The third-order valence-corrected chi connectivity index (χ3v) is 3.66. The van der Waals surface area contributed by atoms with Crippen LogP contribution in [0.15, 0.2) is 16.6 Å². The molecule has 0 aromatic heterocycles. The molecular formula is C11H12BrF2N. The van der Waals surface area contributed by atoms with Crippen LogP contribution in [-0.4, -0.2) is 0 Å². The largest absolute Gasteiger partial charge is 0.324 e. The van der Waals surface area contributed by atoms with Gasteiger partial charge in [-0.15, -0.1) is 0 Å². The van der Waals surface area contributed by atoms with Gasteiger partial charge in [-0.2, -0.15) is 0 Å². The summed E-state index contributed by atoms with van der Waals surface area (Å²) in [4.78, 5) is 0. The molecule has 3 unspecified atom stereocenters. The Morgan fingerprint density at radius 3 is 2.60 bits per heavy atom. The van der Waals surface area contributed by atoms with Crippen molar-refractivity contribution < 1.29 is 8.78 Å². The Morgan fingerprint density at radius 1 is 1.47 bits per heavy atom. The second kappa shape index (κ2) is 3.83. The molecule has 4 heteroatoms. The highest BCUT2D eigenvalue weighted by molar-refractivity contribution is 9.10. The van der Waals surface area contributed by atoms with Crippen molar-refractivity contribution >= 4 is 15.9 Å². The van der Waals surface area contributed by atoms with Crippen LogP contribution in [0.25, 0.3) is 0 Å². The van der Waals surface area contributed by atoms with E-state index in [9.17, 15) is 8.78 Å². The molecule has 1 aromatic carbocycles. The highest BCUT2D eigenvalue weighted by atomic mass is 79.9. The fourth-order valence-electron chi connectivity index (χ4n) is 1.91. The number of hydrogen-bond donors (Lipinski definition) is 1. The molecule has 0 saturated heterocycles. The quantitative estimate of drug-likeness (QED) is 0.823. The molecule has 82 valence electrons. The minimum Gasteiger partial charge on any atom is -0.324 e. The molecule has 0 amide bonds. The Labute approximate surface area is 95.8 Å². The Kier molecular flexibility index (Phi) is 2.81. The average Bonchev–Trinajstić information content (AvgIpc) is 2.90. The van der Waals surface area contributed by atoms with E-state index in [1.54, 1.807) is 0 Å². The van der Waals surface area contributed by atoms with Gasteiger partial charge in [0.25, 0.3) is 0 Å². The summed E-state index contributed by atoms with van der Waals surface area (Å²) in [7, 11) is 0. The standard InChI is InChI=1S/C11H12BrF2N/c1-5-4-6(5)11(15)9-8(13)3-2-7(12)10(9)14/h2-3,5-6,11H,4,15H2,1H3. The fourth-order valence-corrected chi connectivity index (χ4v) is 2.26. The maximum absolute atomic E-state index is 13.7. The van der Waals surface area contributed by atoms with E-state index in [0.717, 1.165) is 6.42 Å². The first-order valence-electron chi connectivity index (χ1n) is 4.91. The molecule has 0 spiro atoms. The van der Waals surface area contributed by atoms with Crippen LogP contribution in [0.2, 0.25) is 0 Å². The highest BCUT2D eigenvalue weighted by Crippen LogP contribution is 2.47. The number of benzene rings is 1. The molecule has 0 bridgehead atoms.